The molecule has 0 bridgehead atoms. The van der Waals surface area contributed by atoms with Crippen LogP contribution in [0.2, 0.25) is 0 Å². The van der Waals surface area contributed by atoms with E-state index in [2.05, 4.69) is 29.6 Å². The summed E-state index contributed by atoms with van der Waals surface area (Å²) in [5.74, 6) is 0. The van der Waals surface area contributed by atoms with E-state index in [0.717, 1.165) is 19.6 Å². The normalized spacial score (nSPS) is 21.2. The molecule has 0 saturated heterocycles. The monoisotopic (exact) mass is 177 g/mol. The number of fused-ring (bicyclic) bond motifs is 1. The molecule has 1 aromatic rings. The highest BCUT2D eigenvalue weighted by atomic mass is 16.5. The number of benzene rings is 1. The first-order chi connectivity index (χ1) is 6.42. The molecule has 0 unspecified atom stereocenters. The van der Waals surface area contributed by atoms with Crippen LogP contribution < -0.4 is 5.32 Å². The summed E-state index contributed by atoms with van der Waals surface area (Å²) in [5, 5.41) is 3.45. The smallest absolute Gasteiger partial charge is 0.0657 e. The van der Waals surface area contributed by atoms with Crippen molar-refractivity contribution in [3.05, 3.63) is 35.4 Å². The van der Waals surface area contributed by atoms with Gasteiger partial charge in [0.05, 0.1) is 12.6 Å². The van der Waals surface area contributed by atoms with Crippen LogP contribution in [0, 0.1) is 0 Å². The summed E-state index contributed by atoms with van der Waals surface area (Å²) in [6, 6.07) is 8.97. The fourth-order valence-electron chi connectivity index (χ4n) is 1.91. The molecule has 1 aliphatic heterocycles. The number of hydrogen-bond donors (Lipinski definition) is 1. The summed E-state index contributed by atoms with van der Waals surface area (Å²) < 4.78 is 5.18. The van der Waals surface area contributed by atoms with Gasteiger partial charge < -0.3 is 10.1 Å². The van der Waals surface area contributed by atoms with Crippen molar-refractivity contribution in [2.45, 2.75) is 12.5 Å². The zero-order valence-electron chi connectivity index (χ0n) is 7.92. The Labute approximate surface area is 78.9 Å². The Bertz CT molecular complexity index is 285. The molecule has 2 nitrogen and oxygen atoms in total. The van der Waals surface area contributed by atoms with Gasteiger partial charge in [-0.3, -0.25) is 0 Å². The van der Waals surface area contributed by atoms with E-state index in [9.17, 15) is 0 Å². The Kier molecular flexibility index (Phi) is 2.62. The SMILES string of the molecule is COC[C@@H]1NCCc2ccccc21. The van der Waals surface area contributed by atoms with E-state index in [-0.39, 0.29) is 0 Å². The van der Waals surface area contributed by atoms with E-state index in [4.69, 9.17) is 4.74 Å². The minimum atomic E-state index is 0.384. The molecule has 0 fully saturated rings. The predicted molar refractivity (Wildman–Crippen MR) is 52.8 cm³/mol. The van der Waals surface area contributed by atoms with Crippen LogP contribution in [0.1, 0.15) is 17.2 Å². The van der Waals surface area contributed by atoms with Gasteiger partial charge in [-0.2, -0.15) is 0 Å². The van der Waals surface area contributed by atoms with E-state index < -0.39 is 0 Å². The summed E-state index contributed by atoms with van der Waals surface area (Å²) in [6.45, 7) is 1.82. The quantitative estimate of drug-likeness (QED) is 0.739. The average molecular weight is 177 g/mol. The standard InChI is InChI=1S/C11H15NO/c1-13-8-11-10-5-3-2-4-9(10)6-7-12-11/h2-5,11-12H,6-8H2,1H3/t11-/m0/s1. The van der Waals surface area contributed by atoms with Gasteiger partial charge in [-0.25, -0.2) is 0 Å². The average Bonchev–Trinajstić information content (AvgIpc) is 2.19. The van der Waals surface area contributed by atoms with Crippen molar-refractivity contribution < 1.29 is 4.74 Å². The molecule has 0 aromatic heterocycles. The Morgan fingerprint density at radius 3 is 3.15 bits per heavy atom. The molecule has 1 atom stereocenters. The zero-order chi connectivity index (χ0) is 9.10. The van der Waals surface area contributed by atoms with Crippen LogP contribution in [0.4, 0.5) is 0 Å². The van der Waals surface area contributed by atoms with Crippen LogP contribution >= 0.6 is 0 Å². The van der Waals surface area contributed by atoms with Gasteiger partial charge in [-0.05, 0) is 24.1 Å². The van der Waals surface area contributed by atoms with Crippen LogP contribution in [0.15, 0.2) is 24.3 Å². The van der Waals surface area contributed by atoms with Gasteiger partial charge in [0, 0.05) is 7.11 Å². The molecule has 0 radical (unpaired) electrons. The van der Waals surface area contributed by atoms with Crippen molar-refractivity contribution in [2.75, 3.05) is 20.3 Å². The first-order valence-corrected chi connectivity index (χ1v) is 4.72. The lowest BCUT2D eigenvalue weighted by Gasteiger charge is -2.26. The summed E-state index contributed by atoms with van der Waals surface area (Å²) >= 11 is 0. The van der Waals surface area contributed by atoms with E-state index in [1.807, 2.05) is 0 Å². The Hall–Kier alpha value is -0.860. The molecule has 0 spiro atoms. The van der Waals surface area contributed by atoms with Crippen LogP contribution in [0.25, 0.3) is 0 Å². The molecule has 1 aromatic carbocycles. The topological polar surface area (TPSA) is 21.3 Å². The number of nitrogens with one attached hydrogen (secondary N) is 1. The highest BCUT2D eigenvalue weighted by Crippen LogP contribution is 2.22. The third-order valence-electron chi connectivity index (χ3n) is 2.55. The first-order valence-electron chi connectivity index (χ1n) is 4.72. The molecule has 70 valence electrons. The lowest BCUT2D eigenvalue weighted by atomic mass is 9.95. The molecule has 0 amide bonds. The van der Waals surface area contributed by atoms with E-state index in [1.54, 1.807) is 7.11 Å². The van der Waals surface area contributed by atoms with Crippen LogP contribution in [0.3, 0.4) is 0 Å². The summed E-state index contributed by atoms with van der Waals surface area (Å²) in [6.07, 6.45) is 1.14. The first kappa shape index (κ1) is 8.73. The molecule has 1 heterocycles. The molecular weight excluding hydrogens is 162 g/mol. The maximum Gasteiger partial charge on any atom is 0.0657 e. The fraction of sp³-hybridized carbons (Fsp3) is 0.455. The number of hydrogen-bond acceptors (Lipinski definition) is 2. The number of ether oxygens (including phenoxy) is 1. The minimum Gasteiger partial charge on any atom is -0.383 e. The summed E-state index contributed by atoms with van der Waals surface area (Å²) in [7, 11) is 1.75. The molecular formula is C11H15NO. The highest BCUT2D eigenvalue weighted by Gasteiger charge is 2.17. The fourth-order valence-corrected chi connectivity index (χ4v) is 1.91. The molecule has 1 N–H and O–H groups in total. The van der Waals surface area contributed by atoms with Crippen LogP contribution in [-0.2, 0) is 11.2 Å². The van der Waals surface area contributed by atoms with Gasteiger partial charge in [0.25, 0.3) is 0 Å². The highest BCUT2D eigenvalue weighted by molar-refractivity contribution is 5.32. The van der Waals surface area contributed by atoms with Gasteiger partial charge in [0.2, 0.25) is 0 Å². The van der Waals surface area contributed by atoms with Gasteiger partial charge in [0.1, 0.15) is 0 Å². The van der Waals surface area contributed by atoms with Crippen molar-refractivity contribution in [3.63, 3.8) is 0 Å². The third-order valence-corrected chi connectivity index (χ3v) is 2.55. The van der Waals surface area contributed by atoms with E-state index in [1.165, 1.54) is 11.1 Å². The molecule has 2 heteroatoms. The zero-order valence-corrected chi connectivity index (χ0v) is 7.92. The van der Waals surface area contributed by atoms with Gasteiger partial charge >= 0.3 is 0 Å². The van der Waals surface area contributed by atoms with Crippen LogP contribution in [0.5, 0.6) is 0 Å². The molecule has 2 rings (SSSR count). The van der Waals surface area contributed by atoms with Crippen molar-refractivity contribution in [1.82, 2.24) is 5.32 Å². The number of methoxy groups -OCH3 is 1. The van der Waals surface area contributed by atoms with Crippen molar-refractivity contribution in [1.29, 1.82) is 0 Å². The largest absolute Gasteiger partial charge is 0.383 e. The van der Waals surface area contributed by atoms with E-state index in [0.29, 0.717) is 6.04 Å². The van der Waals surface area contributed by atoms with Gasteiger partial charge in [-0.1, -0.05) is 24.3 Å². The maximum atomic E-state index is 5.18. The molecule has 0 aliphatic carbocycles. The van der Waals surface area contributed by atoms with E-state index >= 15 is 0 Å². The molecule has 1 aliphatic rings. The lowest BCUT2D eigenvalue weighted by molar-refractivity contribution is 0.164. The molecule has 0 saturated carbocycles. The van der Waals surface area contributed by atoms with Crippen molar-refractivity contribution >= 4 is 0 Å². The second-order valence-electron chi connectivity index (χ2n) is 3.41. The second-order valence-corrected chi connectivity index (χ2v) is 3.41. The van der Waals surface area contributed by atoms with Crippen molar-refractivity contribution in [3.8, 4) is 0 Å². The van der Waals surface area contributed by atoms with Crippen LogP contribution in [-0.4, -0.2) is 20.3 Å². The van der Waals surface area contributed by atoms with Gasteiger partial charge in [0.15, 0.2) is 0 Å². The van der Waals surface area contributed by atoms with Gasteiger partial charge in [-0.15, -0.1) is 0 Å². The Morgan fingerprint density at radius 2 is 2.31 bits per heavy atom. The lowest BCUT2D eigenvalue weighted by Crippen LogP contribution is -2.32. The second kappa shape index (κ2) is 3.90. The maximum absolute atomic E-state index is 5.18. The number of rotatable bonds is 2. The van der Waals surface area contributed by atoms with Crippen molar-refractivity contribution in [2.24, 2.45) is 0 Å². The Morgan fingerprint density at radius 1 is 1.46 bits per heavy atom. The summed E-state index contributed by atoms with van der Waals surface area (Å²) in [5.41, 5.74) is 2.86. The minimum absolute atomic E-state index is 0.384. The summed E-state index contributed by atoms with van der Waals surface area (Å²) in [4.78, 5) is 0. The molecule has 13 heavy (non-hydrogen) atoms. The Balaban J connectivity index is 2.26. The predicted octanol–water partition coefficient (Wildman–Crippen LogP) is 1.52. The third kappa shape index (κ3) is 1.74.